The van der Waals surface area contributed by atoms with E-state index in [-0.39, 0.29) is 11.9 Å². The van der Waals surface area contributed by atoms with Crippen molar-refractivity contribution in [3.63, 3.8) is 0 Å². The summed E-state index contributed by atoms with van der Waals surface area (Å²) in [4.78, 5) is 15.3. The van der Waals surface area contributed by atoms with Crippen LogP contribution in [-0.2, 0) is 9.47 Å². The molecule has 0 aromatic heterocycles. The molecule has 2 aliphatic heterocycles. The molecule has 2 saturated heterocycles. The number of rotatable bonds is 4. The van der Waals surface area contributed by atoms with Crippen molar-refractivity contribution in [2.45, 2.75) is 26.4 Å². The zero-order valence-corrected chi connectivity index (χ0v) is 14.3. The number of hydrogen-bond donors (Lipinski definition) is 1. The average Bonchev–Trinajstić information content (AvgIpc) is 2.98. The fourth-order valence-corrected chi connectivity index (χ4v) is 2.79. The number of nitrogens with zero attached hydrogens (tertiary/aromatic N) is 2. The fourth-order valence-electron chi connectivity index (χ4n) is 2.79. The number of hydrogen-bond acceptors (Lipinski definition) is 5. The molecule has 0 unspecified atom stereocenters. The Morgan fingerprint density at radius 2 is 2.00 bits per heavy atom. The molecular formula is C17H26FN3O3. The molecule has 0 saturated carbocycles. The predicted octanol–water partition coefficient (Wildman–Crippen LogP) is 2.36. The van der Waals surface area contributed by atoms with Gasteiger partial charge >= 0.3 is 6.09 Å². The van der Waals surface area contributed by atoms with E-state index in [4.69, 9.17) is 15.2 Å². The molecule has 3 rings (SSSR count). The Morgan fingerprint density at radius 1 is 1.29 bits per heavy atom. The molecule has 1 aromatic carbocycles. The van der Waals surface area contributed by atoms with Crippen LogP contribution in [0.5, 0.6) is 0 Å². The minimum absolute atomic E-state index is 0.223. The molecule has 0 bridgehead atoms. The van der Waals surface area contributed by atoms with Crippen LogP contribution in [0.3, 0.4) is 0 Å². The molecule has 7 heteroatoms. The van der Waals surface area contributed by atoms with Gasteiger partial charge in [-0.15, -0.1) is 0 Å². The van der Waals surface area contributed by atoms with Crippen molar-refractivity contribution in [3.05, 3.63) is 24.0 Å². The molecule has 2 fully saturated rings. The Balaban J connectivity index is 0.00000100. The second-order valence-electron chi connectivity index (χ2n) is 5.43. The summed E-state index contributed by atoms with van der Waals surface area (Å²) in [6.07, 6.45) is -0.0622. The van der Waals surface area contributed by atoms with Crippen molar-refractivity contribution in [2.24, 2.45) is 5.73 Å². The van der Waals surface area contributed by atoms with E-state index in [1.54, 1.807) is 12.1 Å². The van der Waals surface area contributed by atoms with E-state index in [0.717, 1.165) is 0 Å². The molecule has 0 aliphatic carbocycles. The van der Waals surface area contributed by atoms with Crippen LogP contribution < -0.4 is 15.5 Å². The molecular weight excluding hydrogens is 313 g/mol. The lowest BCUT2D eigenvalue weighted by Crippen LogP contribution is -2.36. The highest BCUT2D eigenvalue weighted by atomic mass is 19.1. The molecule has 24 heavy (non-hydrogen) atoms. The third-order valence-electron chi connectivity index (χ3n) is 3.96. The van der Waals surface area contributed by atoms with E-state index >= 15 is 0 Å². The minimum atomic E-state index is -0.447. The van der Waals surface area contributed by atoms with Gasteiger partial charge in [-0.05, 0) is 31.2 Å². The Hall–Kier alpha value is -1.86. The van der Waals surface area contributed by atoms with E-state index in [1.807, 2.05) is 18.7 Å². The highest BCUT2D eigenvalue weighted by Gasteiger charge is 2.32. The number of cyclic esters (lactones) is 1. The second kappa shape index (κ2) is 8.84. The molecule has 0 spiro atoms. The third-order valence-corrected chi connectivity index (χ3v) is 3.96. The largest absolute Gasteiger partial charge is 0.444 e. The van der Waals surface area contributed by atoms with Crippen LogP contribution in [-0.4, -0.2) is 51.6 Å². The van der Waals surface area contributed by atoms with E-state index in [2.05, 4.69) is 0 Å². The molecule has 0 radical (unpaired) electrons. The summed E-state index contributed by atoms with van der Waals surface area (Å²) in [7, 11) is 0. The Bertz CT molecular complexity index is 550. The molecule has 2 aliphatic rings. The number of carbonyl (C=O) groups excluding carboxylic acids is 1. The molecule has 2 heterocycles. The number of ether oxygens (including phenoxy) is 2. The van der Waals surface area contributed by atoms with Crippen LogP contribution >= 0.6 is 0 Å². The van der Waals surface area contributed by atoms with E-state index in [0.29, 0.717) is 57.2 Å². The third kappa shape index (κ3) is 4.15. The maximum Gasteiger partial charge on any atom is 0.414 e. The van der Waals surface area contributed by atoms with Crippen molar-refractivity contribution < 1.29 is 18.7 Å². The maximum absolute atomic E-state index is 14.4. The second-order valence-corrected chi connectivity index (χ2v) is 5.43. The standard InChI is InChI=1S/C15H20FN3O3.C2H6/c16-13-9-11(19-10-12(3-4-17)22-15(19)20)1-2-14(13)18-5-7-21-8-6-18;1-2/h1-2,9,12H,3-8,10,17H2;1-2H3/t12-;/m0./s1. The first kappa shape index (κ1) is 18.5. The van der Waals surface area contributed by atoms with Crippen LogP contribution in [0.15, 0.2) is 18.2 Å². The van der Waals surface area contributed by atoms with Gasteiger partial charge in [-0.25, -0.2) is 9.18 Å². The molecule has 1 aromatic rings. The van der Waals surface area contributed by atoms with Gasteiger partial charge in [0, 0.05) is 13.1 Å². The number of morpholine rings is 1. The van der Waals surface area contributed by atoms with Gasteiger partial charge < -0.3 is 20.1 Å². The number of nitrogens with two attached hydrogens (primary N) is 1. The smallest absolute Gasteiger partial charge is 0.414 e. The lowest BCUT2D eigenvalue weighted by molar-refractivity contribution is 0.122. The van der Waals surface area contributed by atoms with Crippen molar-refractivity contribution >= 4 is 17.5 Å². The zero-order chi connectivity index (χ0) is 17.5. The van der Waals surface area contributed by atoms with Crippen LogP contribution in [0.4, 0.5) is 20.6 Å². The fraction of sp³-hybridized carbons (Fsp3) is 0.588. The summed E-state index contributed by atoms with van der Waals surface area (Å²) in [5.41, 5.74) is 6.53. The summed E-state index contributed by atoms with van der Waals surface area (Å²) >= 11 is 0. The van der Waals surface area contributed by atoms with Crippen LogP contribution in [0.2, 0.25) is 0 Å². The van der Waals surface area contributed by atoms with E-state index in [1.165, 1.54) is 11.0 Å². The Morgan fingerprint density at radius 3 is 2.62 bits per heavy atom. The van der Waals surface area contributed by atoms with E-state index < -0.39 is 6.09 Å². The number of anilines is 2. The van der Waals surface area contributed by atoms with Crippen molar-refractivity contribution in [1.82, 2.24) is 0 Å². The summed E-state index contributed by atoms with van der Waals surface area (Å²) in [6, 6.07) is 4.84. The van der Waals surface area contributed by atoms with Crippen LogP contribution in [0.25, 0.3) is 0 Å². The first-order valence-corrected chi connectivity index (χ1v) is 8.49. The van der Waals surface area contributed by atoms with Gasteiger partial charge in [0.1, 0.15) is 11.9 Å². The summed E-state index contributed by atoms with van der Waals surface area (Å²) in [6.45, 7) is 7.39. The molecule has 134 valence electrons. The maximum atomic E-state index is 14.4. The van der Waals surface area contributed by atoms with Crippen LogP contribution in [0, 0.1) is 5.82 Å². The Kier molecular flexibility index (Phi) is 6.81. The normalized spacial score (nSPS) is 20.5. The highest BCUT2D eigenvalue weighted by Crippen LogP contribution is 2.28. The SMILES string of the molecule is CC.NCC[C@H]1CN(c2ccc(N3CCOCC3)c(F)c2)C(=O)O1. The number of benzene rings is 1. The van der Waals surface area contributed by atoms with Gasteiger partial charge in [0.2, 0.25) is 0 Å². The van der Waals surface area contributed by atoms with Crippen molar-refractivity contribution in [1.29, 1.82) is 0 Å². The van der Waals surface area contributed by atoms with Gasteiger partial charge in [-0.3, -0.25) is 4.90 Å². The van der Waals surface area contributed by atoms with Gasteiger partial charge in [0.15, 0.2) is 0 Å². The summed E-state index contributed by atoms with van der Waals surface area (Å²) in [5, 5.41) is 0. The first-order valence-electron chi connectivity index (χ1n) is 8.49. The lowest BCUT2D eigenvalue weighted by Gasteiger charge is -2.29. The van der Waals surface area contributed by atoms with Gasteiger partial charge in [-0.1, -0.05) is 13.8 Å². The highest BCUT2D eigenvalue weighted by molar-refractivity contribution is 5.90. The lowest BCUT2D eigenvalue weighted by atomic mass is 10.2. The summed E-state index contributed by atoms with van der Waals surface area (Å²) < 4.78 is 24.9. The van der Waals surface area contributed by atoms with Gasteiger partial charge in [-0.2, -0.15) is 0 Å². The quantitative estimate of drug-likeness (QED) is 0.912. The molecule has 2 N–H and O–H groups in total. The van der Waals surface area contributed by atoms with E-state index in [9.17, 15) is 9.18 Å². The molecule has 1 atom stereocenters. The first-order chi connectivity index (χ1) is 11.7. The zero-order valence-electron chi connectivity index (χ0n) is 14.3. The van der Waals surface area contributed by atoms with Crippen molar-refractivity contribution in [3.8, 4) is 0 Å². The minimum Gasteiger partial charge on any atom is -0.444 e. The molecule has 6 nitrogen and oxygen atoms in total. The van der Waals surface area contributed by atoms with Gasteiger partial charge in [0.25, 0.3) is 0 Å². The Labute approximate surface area is 142 Å². The van der Waals surface area contributed by atoms with Crippen molar-refractivity contribution in [2.75, 3.05) is 49.2 Å². The number of carbonyl (C=O) groups is 1. The average molecular weight is 339 g/mol. The monoisotopic (exact) mass is 339 g/mol. The van der Waals surface area contributed by atoms with Gasteiger partial charge in [0.05, 0.1) is 31.1 Å². The van der Waals surface area contributed by atoms with Crippen LogP contribution in [0.1, 0.15) is 20.3 Å². The topological polar surface area (TPSA) is 68.0 Å². The summed E-state index contributed by atoms with van der Waals surface area (Å²) in [5.74, 6) is -0.338. The predicted molar refractivity (Wildman–Crippen MR) is 92.1 cm³/mol. The number of amides is 1. The molecule has 1 amide bonds. The number of halogens is 1.